The lowest BCUT2D eigenvalue weighted by Gasteiger charge is -2.36. The molecule has 0 bridgehead atoms. The average Bonchev–Trinajstić information content (AvgIpc) is 2.47. The van der Waals surface area contributed by atoms with Crippen molar-refractivity contribution in [2.24, 2.45) is 17.6 Å². The van der Waals surface area contributed by atoms with Crippen molar-refractivity contribution in [1.29, 1.82) is 0 Å². The van der Waals surface area contributed by atoms with Gasteiger partial charge in [0.05, 0.1) is 19.3 Å². The predicted octanol–water partition coefficient (Wildman–Crippen LogP) is 1.65. The van der Waals surface area contributed by atoms with E-state index in [4.69, 9.17) is 15.2 Å². The lowest BCUT2D eigenvalue weighted by Crippen LogP contribution is -2.47. The molecule has 1 fully saturated rings. The number of carbonyl (C=O) groups is 1. The van der Waals surface area contributed by atoms with Crippen LogP contribution in [-0.2, 0) is 14.3 Å². The molecule has 0 spiro atoms. The van der Waals surface area contributed by atoms with Crippen molar-refractivity contribution >= 4 is 5.91 Å². The molecule has 124 valence electrons. The number of rotatable bonds is 8. The highest BCUT2D eigenvalue weighted by Gasteiger charge is 2.32. The summed E-state index contributed by atoms with van der Waals surface area (Å²) in [5.41, 5.74) is 6.06. The molecule has 0 aliphatic heterocycles. The summed E-state index contributed by atoms with van der Waals surface area (Å²) in [6.45, 7) is 5.78. The van der Waals surface area contributed by atoms with Crippen LogP contribution in [0.15, 0.2) is 0 Å². The fraction of sp³-hybridized carbons (Fsp3) is 0.938. The summed E-state index contributed by atoms with van der Waals surface area (Å²) in [4.78, 5) is 14.7. The molecule has 2 N–H and O–H groups in total. The first-order chi connectivity index (χ1) is 10.0. The van der Waals surface area contributed by atoms with Gasteiger partial charge in [0.15, 0.2) is 0 Å². The molecule has 5 heteroatoms. The van der Waals surface area contributed by atoms with Crippen LogP contribution in [0, 0.1) is 11.8 Å². The van der Waals surface area contributed by atoms with Crippen molar-refractivity contribution in [2.75, 3.05) is 34.0 Å². The first-order valence-corrected chi connectivity index (χ1v) is 8.05. The minimum Gasteiger partial charge on any atom is -0.383 e. The Morgan fingerprint density at radius 1 is 1.29 bits per heavy atom. The van der Waals surface area contributed by atoms with Gasteiger partial charge in [-0.15, -0.1) is 0 Å². The van der Waals surface area contributed by atoms with Gasteiger partial charge in [-0.25, -0.2) is 0 Å². The second-order valence-electron chi connectivity index (χ2n) is 6.30. The van der Waals surface area contributed by atoms with E-state index < -0.39 is 0 Å². The lowest BCUT2D eigenvalue weighted by atomic mass is 9.78. The molecule has 1 rings (SSSR count). The first kappa shape index (κ1) is 18.4. The Morgan fingerprint density at radius 2 is 2.00 bits per heavy atom. The third kappa shape index (κ3) is 5.57. The van der Waals surface area contributed by atoms with Crippen LogP contribution in [0.25, 0.3) is 0 Å². The summed E-state index contributed by atoms with van der Waals surface area (Å²) in [5, 5.41) is 0. The summed E-state index contributed by atoms with van der Waals surface area (Å²) in [5.74, 6) is 0.629. The molecular weight excluding hydrogens is 268 g/mol. The Bertz CT molecular complexity index is 312. The highest BCUT2D eigenvalue weighted by Crippen LogP contribution is 2.30. The van der Waals surface area contributed by atoms with Crippen molar-refractivity contribution in [3.05, 3.63) is 0 Å². The summed E-state index contributed by atoms with van der Waals surface area (Å²) >= 11 is 0. The Hall–Kier alpha value is -0.650. The van der Waals surface area contributed by atoms with Crippen molar-refractivity contribution in [1.82, 2.24) is 4.90 Å². The van der Waals surface area contributed by atoms with Crippen LogP contribution in [-0.4, -0.2) is 56.9 Å². The molecule has 0 saturated heterocycles. The number of methoxy groups -OCH3 is 2. The molecular formula is C16H32N2O3. The zero-order valence-electron chi connectivity index (χ0n) is 14.0. The van der Waals surface area contributed by atoms with Gasteiger partial charge in [-0.1, -0.05) is 13.3 Å². The fourth-order valence-corrected chi connectivity index (χ4v) is 3.25. The molecule has 0 aromatic rings. The van der Waals surface area contributed by atoms with E-state index in [2.05, 4.69) is 0 Å². The van der Waals surface area contributed by atoms with E-state index in [-0.39, 0.29) is 23.9 Å². The number of hydrogen-bond donors (Lipinski definition) is 1. The monoisotopic (exact) mass is 300 g/mol. The maximum absolute atomic E-state index is 12.8. The van der Waals surface area contributed by atoms with Gasteiger partial charge in [0, 0.05) is 32.7 Å². The van der Waals surface area contributed by atoms with Gasteiger partial charge in [0.25, 0.3) is 0 Å². The molecule has 0 aromatic heterocycles. The topological polar surface area (TPSA) is 64.8 Å². The minimum absolute atomic E-state index is 0.0208. The van der Waals surface area contributed by atoms with Gasteiger partial charge >= 0.3 is 0 Å². The zero-order chi connectivity index (χ0) is 15.8. The number of hydrogen-bond acceptors (Lipinski definition) is 4. The van der Waals surface area contributed by atoms with E-state index in [1.807, 2.05) is 18.7 Å². The van der Waals surface area contributed by atoms with Crippen LogP contribution in [0.2, 0.25) is 0 Å². The standard InChI is InChI=1S/C16H32N2O3/c1-12(11-21-4)18(8-9-20-3)16(19)13(2)14-6-5-7-15(17)10-14/h12-15H,5-11,17H2,1-4H3. The molecule has 1 saturated carbocycles. The fourth-order valence-electron chi connectivity index (χ4n) is 3.25. The van der Waals surface area contributed by atoms with Gasteiger partial charge < -0.3 is 20.1 Å². The average molecular weight is 300 g/mol. The zero-order valence-corrected chi connectivity index (χ0v) is 14.0. The summed E-state index contributed by atoms with van der Waals surface area (Å²) in [6.07, 6.45) is 4.29. The van der Waals surface area contributed by atoms with Crippen LogP contribution >= 0.6 is 0 Å². The number of amides is 1. The number of nitrogens with two attached hydrogens (primary N) is 1. The maximum Gasteiger partial charge on any atom is 0.226 e. The van der Waals surface area contributed by atoms with E-state index >= 15 is 0 Å². The molecule has 1 amide bonds. The maximum atomic E-state index is 12.8. The molecule has 0 radical (unpaired) electrons. The van der Waals surface area contributed by atoms with E-state index in [0.717, 1.165) is 25.7 Å². The Balaban J connectivity index is 2.68. The predicted molar refractivity (Wildman–Crippen MR) is 84.0 cm³/mol. The molecule has 0 heterocycles. The first-order valence-electron chi connectivity index (χ1n) is 8.05. The molecule has 4 atom stereocenters. The Morgan fingerprint density at radius 3 is 2.57 bits per heavy atom. The van der Waals surface area contributed by atoms with Crippen LogP contribution in [0.3, 0.4) is 0 Å². The van der Waals surface area contributed by atoms with Gasteiger partial charge in [-0.3, -0.25) is 4.79 Å². The van der Waals surface area contributed by atoms with Gasteiger partial charge in [-0.2, -0.15) is 0 Å². The normalized spacial score (nSPS) is 25.4. The second kappa shape index (κ2) is 9.38. The number of nitrogens with zero attached hydrogens (tertiary/aromatic N) is 1. The van der Waals surface area contributed by atoms with Gasteiger partial charge in [0.1, 0.15) is 0 Å². The summed E-state index contributed by atoms with van der Waals surface area (Å²) in [7, 11) is 3.33. The van der Waals surface area contributed by atoms with Gasteiger partial charge in [-0.05, 0) is 32.1 Å². The SMILES string of the molecule is COCCN(C(=O)C(C)C1CCCC(N)C1)C(C)COC. The largest absolute Gasteiger partial charge is 0.383 e. The van der Waals surface area contributed by atoms with E-state index in [1.54, 1.807) is 14.2 Å². The molecule has 1 aliphatic carbocycles. The van der Waals surface area contributed by atoms with Crippen molar-refractivity contribution < 1.29 is 14.3 Å². The summed E-state index contributed by atoms with van der Waals surface area (Å²) in [6, 6.07) is 0.320. The second-order valence-corrected chi connectivity index (χ2v) is 6.30. The van der Waals surface area contributed by atoms with Crippen LogP contribution in [0.4, 0.5) is 0 Å². The lowest BCUT2D eigenvalue weighted by molar-refractivity contribution is -0.141. The van der Waals surface area contributed by atoms with Crippen LogP contribution < -0.4 is 5.73 Å². The van der Waals surface area contributed by atoms with E-state index in [1.165, 1.54) is 0 Å². The molecule has 1 aliphatic rings. The quantitative estimate of drug-likeness (QED) is 0.740. The van der Waals surface area contributed by atoms with E-state index in [0.29, 0.717) is 25.7 Å². The highest BCUT2D eigenvalue weighted by molar-refractivity contribution is 5.79. The number of ether oxygens (including phenoxy) is 2. The Kier molecular flexibility index (Phi) is 8.22. The van der Waals surface area contributed by atoms with Crippen molar-refractivity contribution in [2.45, 2.75) is 51.6 Å². The van der Waals surface area contributed by atoms with Crippen molar-refractivity contribution in [3.63, 3.8) is 0 Å². The van der Waals surface area contributed by atoms with Crippen LogP contribution in [0.5, 0.6) is 0 Å². The third-order valence-corrected chi connectivity index (χ3v) is 4.61. The molecule has 0 aromatic carbocycles. The summed E-state index contributed by atoms with van der Waals surface area (Å²) < 4.78 is 10.3. The minimum atomic E-state index is 0.0208. The van der Waals surface area contributed by atoms with Crippen molar-refractivity contribution in [3.8, 4) is 0 Å². The molecule has 4 unspecified atom stereocenters. The van der Waals surface area contributed by atoms with E-state index in [9.17, 15) is 4.79 Å². The third-order valence-electron chi connectivity index (χ3n) is 4.61. The van der Waals surface area contributed by atoms with Gasteiger partial charge in [0.2, 0.25) is 5.91 Å². The molecule has 21 heavy (non-hydrogen) atoms. The smallest absolute Gasteiger partial charge is 0.226 e. The Labute approximate surface area is 129 Å². The van der Waals surface area contributed by atoms with Crippen LogP contribution in [0.1, 0.15) is 39.5 Å². The highest BCUT2D eigenvalue weighted by atomic mass is 16.5. The molecule has 5 nitrogen and oxygen atoms in total. The number of carbonyl (C=O) groups excluding carboxylic acids is 1.